The van der Waals surface area contributed by atoms with Crippen molar-refractivity contribution >= 4 is 17.2 Å². The molecule has 0 saturated carbocycles. The number of thiophene rings is 1. The Morgan fingerprint density at radius 1 is 1.42 bits per heavy atom. The van der Waals surface area contributed by atoms with Crippen LogP contribution in [0.3, 0.4) is 0 Å². The molecule has 0 radical (unpaired) electrons. The quantitative estimate of drug-likeness (QED) is 0.763. The molecule has 1 aliphatic rings. The fourth-order valence-electron chi connectivity index (χ4n) is 2.95. The van der Waals surface area contributed by atoms with Gasteiger partial charge >= 0.3 is 0 Å². The zero-order valence-corrected chi connectivity index (χ0v) is 14.1. The van der Waals surface area contributed by atoms with Crippen LogP contribution < -0.4 is 5.32 Å². The highest BCUT2D eigenvalue weighted by molar-refractivity contribution is 7.15. The fourth-order valence-corrected chi connectivity index (χ4v) is 3.78. The predicted octanol–water partition coefficient (Wildman–Crippen LogP) is 2.17. The van der Waals surface area contributed by atoms with Gasteiger partial charge < -0.3 is 9.88 Å². The number of aromatic nitrogens is 5. The van der Waals surface area contributed by atoms with E-state index in [2.05, 4.69) is 43.3 Å². The number of nitrogens with zero attached hydrogens (tertiary/aromatic N) is 4. The maximum Gasteiger partial charge on any atom is 0.272 e. The molecule has 2 N–H and O–H groups in total. The minimum atomic E-state index is -0.131. The lowest BCUT2D eigenvalue weighted by Crippen LogP contribution is -2.35. The lowest BCUT2D eigenvalue weighted by Gasteiger charge is -2.14. The molecule has 0 aromatic carbocycles. The Kier molecular flexibility index (Phi) is 3.89. The first-order valence-electron chi connectivity index (χ1n) is 7.99. The average molecular weight is 342 g/mol. The van der Waals surface area contributed by atoms with E-state index in [-0.39, 0.29) is 11.9 Å². The van der Waals surface area contributed by atoms with Crippen LogP contribution in [0.2, 0.25) is 0 Å². The van der Waals surface area contributed by atoms with Crippen LogP contribution in [0.25, 0.3) is 10.6 Å². The maximum atomic E-state index is 12.5. The van der Waals surface area contributed by atoms with Crippen LogP contribution in [0.1, 0.15) is 34.0 Å². The second-order valence-electron chi connectivity index (χ2n) is 6.02. The van der Waals surface area contributed by atoms with Gasteiger partial charge in [-0.3, -0.25) is 9.89 Å². The van der Waals surface area contributed by atoms with Gasteiger partial charge in [-0.05, 0) is 38.0 Å². The van der Waals surface area contributed by atoms with E-state index in [4.69, 9.17) is 0 Å². The van der Waals surface area contributed by atoms with E-state index < -0.39 is 0 Å². The Bertz CT molecular complexity index is 841. The molecule has 3 aromatic rings. The third-order valence-corrected chi connectivity index (χ3v) is 5.32. The first kappa shape index (κ1) is 15.1. The summed E-state index contributed by atoms with van der Waals surface area (Å²) in [6.45, 7) is 2.89. The molecule has 7 nitrogen and oxygen atoms in total. The number of carbonyl (C=O) groups is 1. The van der Waals surface area contributed by atoms with Crippen molar-refractivity contribution in [2.45, 2.75) is 38.8 Å². The lowest BCUT2D eigenvalue weighted by atomic mass is 10.1. The molecule has 0 aliphatic carbocycles. The molecule has 1 aliphatic heterocycles. The molecule has 1 atom stereocenters. The van der Waals surface area contributed by atoms with E-state index in [1.54, 1.807) is 17.7 Å². The topological polar surface area (TPSA) is 88.5 Å². The smallest absolute Gasteiger partial charge is 0.272 e. The van der Waals surface area contributed by atoms with Crippen molar-refractivity contribution in [2.24, 2.45) is 0 Å². The van der Waals surface area contributed by atoms with Gasteiger partial charge in [0, 0.05) is 23.9 Å². The van der Waals surface area contributed by atoms with E-state index in [1.165, 1.54) is 4.88 Å². The fraction of sp³-hybridized carbons (Fsp3) is 0.375. The molecule has 24 heavy (non-hydrogen) atoms. The molecular weight excluding hydrogens is 324 g/mol. The molecule has 8 heteroatoms. The van der Waals surface area contributed by atoms with Gasteiger partial charge in [-0.2, -0.15) is 5.10 Å². The number of hydrogen-bond acceptors (Lipinski definition) is 5. The van der Waals surface area contributed by atoms with Gasteiger partial charge in [-0.15, -0.1) is 21.5 Å². The number of carbonyl (C=O) groups excluding carboxylic acids is 1. The molecule has 1 amide bonds. The van der Waals surface area contributed by atoms with Gasteiger partial charge in [0.1, 0.15) is 12.2 Å². The highest BCUT2D eigenvalue weighted by Gasteiger charge is 2.20. The number of amides is 1. The van der Waals surface area contributed by atoms with E-state index in [0.29, 0.717) is 5.69 Å². The number of fused-ring (bicyclic) bond motifs is 1. The van der Waals surface area contributed by atoms with Gasteiger partial charge in [-0.1, -0.05) is 0 Å². The van der Waals surface area contributed by atoms with E-state index in [0.717, 1.165) is 42.2 Å². The summed E-state index contributed by atoms with van der Waals surface area (Å²) < 4.78 is 2.05. The van der Waals surface area contributed by atoms with Crippen molar-refractivity contribution in [3.63, 3.8) is 0 Å². The molecule has 0 spiro atoms. The van der Waals surface area contributed by atoms with Crippen LogP contribution >= 0.6 is 11.3 Å². The third-order valence-electron chi connectivity index (χ3n) is 4.28. The van der Waals surface area contributed by atoms with Crippen LogP contribution in [0.4, 0.5) is 0 Å². The molecule has 4 heterocycles. The summed E-state index contributed by atoms with van der Waals surface area (Å²) in [6, 6.07) is 6.04. The Hall–Kier alpha value is -2.48. The summed E-state index contributed by atoms with van der Waals surface area (Å²) >= 11 is 1.68. The predicted molar refractivity (Wildman–Crippen MR) is 90.9 cm³/mol. The van der Waals surface area contributed by atoms with Gasteiger partial charge in [0.25, 0.3) is 5.91 Å². The zero-order chi connectivity index (χ0) is 16.5. The second kappa shape index (κ2) is 6.20. The summed E-state index contributed by atoms with van der Waals surface area (Å²) in [5, 5.41) is 18.2. The van der Waals surface area contributed by atoms with Gasteiger partial charge in [-0.25, -0.2) is 0 Å². The summed E-state index contributed by atoms with van der Waals surface area (Å²) in [4.78, 5) is 14.8. The minimum absolute atomic E-state index is 0.128. The summed E-state index contributed by atoms with van der Waals surface area (Å²) in [6.07, 6.45) is 4.32. The van der Waals surface area contributed by atoms with Crippen molar-refractivity contribution < 1.29 is 4.79 Å². The maximum absolute atomic E-state index is 12.5. The second-order valence-corrected chi connectivity index (χ2v) is 7.30. The van der Waals surface area contributed by atoms with E-state index >= 15 is 0 Å². The van der Waals surface area contributed by atoms with Gasteiger partial charge in [0.2, 0.25) is 0 Å². The normalized spacial score (nSPS) is 17.3. The third kappa shape index (κ3) is 2.96. The van der Waals surface area contributed by atoms with E-state index in [1.807, 2.05) is 12.1 Å². The lowest BCUT2D eigenvalue weighted by molar-refractivity contribution is 0.0928. The molecule has 0 bridgehead atoms. The summed E-state index contributed by atoms with van der Waals surface area (Å²) in [5.41, 5.74) is 1.31. The van der Waals surface area contributed by atoms with Gasteiger partial charge in [0.15, 0.2) is 5.69 Å². The number of H-pyrrole nitrogens is 1. The van der Waals surface area contributed by atoms with Crippen LogP contribution in [0.15, 0.2) is 24.5 Å². The SMILES string of the molecule is Cc1ccc(-c2cc(C(=O)NC3CCc4nncn4CC3)n[nH]2)s1. The molecule has 0 fully saturated rings. The van der Waals surface area contributed by atoms with Crippen molar-refractivity contribution in [3.05, 3.63) is 40.9 Å². The van der Waals surface area contributed by atoms with Crippen molar-refractivity contribution in [1.82, 2.24) is 30.3 Å². The molecule has 1 unspecified atom stereocenters. The highest BCUT2D eigenvalue weighted by Crippen LogP contribution is 2.26. The first-order chi connectivity index (χ1) is 11.7. The monoisotopic (exact) mass is 342 g/mol. The van der Waals surface area contributed by atoms with Crippen LogP contribution in [0.5, 0.6) is 0 Å². The number of nitrogens with one attached hydrogen (secondary N) is 2. The van der Waals surface area contributed by atoms with Gasteiger partial charge in [0.05, 0.1) is 10.6 Å². The zero-order valence-electron chi connectivity index (χ0n) is 13.3. The Labute approximate surface area is 143 Å². The largest absolute Gasteiger partial charge is 0.348 e. The highest BCUT2D eigenvalue weighted by atomic mass is 32.1. The van der Waals surface area contributed by atoms with Crippen molar-refractivity contribution in [1.29, 1.82) is 0 Å². The first-order valence-corrected chi connectivity index (χ1v) is 8.80. The van der Waals surface area contributed by atoms with E-state index in [9.17, 15) is 4.79 Å². The Morgan fingerprint density at radius 3 is 3.17 bits per heavy atom. The number of rotatable bonds is 3. The van der Waals surface area contributed by atoms with Crippen molar-refractivity contribution in [2.75, 3.05) is 0 Å². The molecule has 4 rings (SSSR count). The summed E-state index contributed by atoms with van der Waals surface area (Å²) in [7, 11) is 0. The molecule has 3 aromatic heterocycles. The van der Waals surface area contributed by atoms with Crippen LogP contribution in [-0.4, -0.2) is 36.9 Å². The Morgan fingerprint density at radius 2 is 2.33 bits per heavy atom. The number of aryl methyl sites for hydroxylation is 3. The van der Waals surface area contributed by atoms with Crippen molar-refractivity contribution in [3.8, 4) is 10.6 Å². The minimum Gasteiger partial charge on any atom is -0.348 e. The number of aromatic amines is 1. The number of hydrogen-bond donors (Lipinski definition) is 2. The average Bonchev–Trinajstić information content (AvgIpc) is 3.28. The standard InChI is InChI=1S/C16H18N6OS/c1-10-2-4-14(24-10)12-8-13(20-19-12)16(23)18-11-3-5-15-21-17-9-22(15)7-6-11/h2,4,8-9,11H,3,5-7H2,1H3,(H,18,23)(H,19,20). The Balaban J connectivity index is 1.41. The van der Waals surface area contributed by atoms with Crippen LogP contribution in [-0.2, 0) is 13.0 Å². The molecule has 124 valence electrons. The summed E-state index contributed by atoms with van der Waals surface area (Å²) in [5.74, 6) is 0.857. The van der Waals surface area contributed by atoms with Crippen LogP contribution in [0, 0.1) is 6.92 Å². The molecular formula is C16H18N6OS. The molecule has 0 saturated heterocycles.